The Morgan fingerprint density at radius 2 is 1.65 bits per heavy atom. The van der Waals surface area contributed by atoms with Crippen molar-refractivity contribution in [3.63, 3.8) is 0 Å². The van der Waals surface area contributed by atoms with Crippen molar-refractivity contribution in [2.45, 2.75) is 89.3 Å². The van der Waals surface area contributed by atoms with Crippen LogP contribution < -0.4 is 37.5 Å². The summed E-state index contributed by atoms with van der Waals surface area (Å²) in [4.78, 5) is 108. The Kier molecular flexibility index (Phi) is 13.6. The van der Waals surface area contributed by atoms with Crippen molar-refractivity contribution in [2.75, 3.05) is 33.5 Å². The topological polar surface area (TPSA) is 274 Å². The number of fused-ring (bicyclic) bond motifs is 5. The molecule has 2 aliphatic heterocycles. The molecule has 2 aliphatic carbocycles. The van der Waals surface area contributed by atoms with E-state index in [2.05, 4.69) is 36.6 Å². The van der Waals surface area contributed by atoms with Crippen LogP contribution in [-0.4, -0.2) is 102 Å². The fourth-order valence-corrected chi connectivity index (χ4v) is 9.11. The predicted octanol–water partition coefficient (Wildman–Crippen LogP) is 0.815. The molecular formula is C47H51FN8O12. The fourth-order valence-electron chi connectivity index (χ4n) is 9.11. The summed E-state index contributed by atoms with van der Waals surface area (Å²) >= 11 is 0. The molecule has 8 rings (SSSR count). The smallest absolute Gasteiger partial charge is 0.407 e. The molecule has 0 radical (unpaired) electrons. The number of aromatic nitrogens is 2. The quantitative estimate of drug-likeness (QED) is 0.0503. The lowest BCUT2D eigenvalue weighted by atomic mass is 9.81. The van der Waals surface area contributed by atoms with Crippen molar-refractivity contribution >= 4 is 52.5 Å². The number of benzene rings is 2. The van der Waals surface area contributed by atoms with Gasteiger partial charge in [0, 0.05) is 29.0 Å². The molecular weight excluding hydrogens is 888 g/mol. The Morgan fingerprint density at radius 3 is 2.37 bits per heavy atom. The molecule has 4 aliphatic rings. The molecule has 0 unspecified atom stereocenters. The Hall–Kier alpha value is -7.26. The molecule has 1 fully saturated rings. The highest BCUT2D eigenvalue weighted by Crippen LogP contribution is 2.46. The molecule has 21 heteroatoms. The highest BCUT2D eigenvalue weighted by molar-refractivity contribution is 5.95. The molecule has 20 nitrogen and oxygen atoms in total. The molecule has 68 heavy (non-hydrogen) atoms. The molecule has 7 N–H and O–H groups in total. The van der Waals surface area contributed by atoms with Gasteiger partial charge in [-0.05, 0) is 73.3 Å². The number of hydrogen-bond donors (Lipinski definition) is 7. The third-order valence-electron chi connectivity index (χ3n) is 12.9. The van der Waals surface area contributed by atoms with Gasteiger partial charge in [0.2, 0.25) is 29.5 Å². The van der Waals surface area contributed by atoms with E-state index in [9.17, 15) is 43.5 Å². The van der Waals surface area contributed by atoms with Crippen LogP contribution in [0.5, 0.6) is 0 Å². The molecule has 0 bridgehead atoms. The number of aliphatic hydroxyl groups is 1. The highest BCUT2D eigenvalue weighted by Gasteiger charge is 2.46. The molecule has 0 saturated heterocycles. The zero-order chi connectivity index (χ0) is 48.4. The largest absolute Gasteiger partial charge is 0.458 e. The Balaban J connectivity index is 0.930. The average Bonchev–Trinajstić information content (AvgIpc) is 4.11. The van der Waals surface area contributed by atoms with Crippen LogP contribution in [0.2, 0.25) is 0 Å². The van der Waals surface area contributed by atoms with E-state index < -0.39 is 96.4 Å². The van der Waals surface area contributed by atoms with E-state index in [1.165, 1.54) is 10.6 Å². The number of esters is 1. The van der Waals surface area contributed by atoms with Gasteiger partial charge in [0.05, 0.1) is 55.3 Å². The average molecular weight is 939 g/mol. The van der Waals surface area contributed by atoms with Crippen LogP contribution in [0.4, 0.5) is 9.18 Å². The molecule has 4 heterocycles. The number of nitrogens with one attached hydrogen (secondary N) is 6. The maximum absolute atomic E-state index is 15.5. The Morgan fingerprint density at radius 1 is 0.926 bits per heavy atom. The number of amides is 6. The molecule has 4 aromatic rings. The van der Waals surface area contributed by atoms with Gasteiger partial charge in [0.1, 0.15) is 37.8 Å². The number of ether oxygens (including phenoxy) is 3. The first-order chi connectivity index (χ1) is 32.6. The summed E-state index contributed by atoms with van der Waals surface area (Å²) in [5.74, 6) is -4.60. The summed E-state index contributed by atoms with van der Waals surface area (Å²) in [7, 11) is 1.13. The van der Waals surface area contributed by atoms with E-state index in [0.29, 0.717) is 70.2 Å². The van der Waals surface area contributed by atoms with Gasteiger partial charge in [-0.1, -0.05) is 37.3 Å². The Bertz CT molecular complexity index is 2800. The van der Waals surface area contributed by atoms with Crippen LogP contribution in [0.1, 0.15) is 77.6 Å². The second-order valence-corrected chi connectivity index (χ2v) is 17.2. The van der Waals surface area contributed by atoms with Crippen molar-refractivity contribution in [3.8, 4) is 11.4 Å². The van der Waals surface area contributed by atoms with E-state index in [0.717, 1.165) is 12.7 Å². The standard InChI is InChI=1S/C47H51FN8O12/c1-4-47(65)29-15-34-40-27(20-56(34)44(62)28(29)21-67-45(47)63)39-31(13-12-26-23(2)30(48)16-32(54-40)38(26)39)55-43(61)41(25-10-11-25)68-22-52-36(58)17-50-42(60)33(14-24-8-6-5-7-9-24)53-37(59)19-49-35(57)18-51-46(64)66-3/h5-9,15-16,25,31,33,41,65H,4,10-14,17-22H2,1-3H3,(H,49,57)(H,50,60)(H,51,64)(H,52,58)(H,53,59)(H,55,61)/t31-,33-,41+,47-/m0/s1. The molecule has 6 amide bonds. The number of carbonyl (C=O) groups is 7. The van der Waals surface area contributed by atoms with Gasteiger partial charge < -0.3 is 55.8 Å². The van der Waals surface area contributed by atoms with Crippen molar-refractivity contribution in [1.29, 1.82) is 0 Å². The van der Waals surface area contributed by atoms with Gasteiger partial charge in [0.15, 0.2) is 5.60 Å². The lowest BCUT2D eigenvalue weighted by Gasteiger charge is -2.31. The fraction of sp³-hybridized carbons (Fsp3) is 0.426. The molecule has 2 aromatic carbocycles. The number of aryl methyl sites for hydroxylation is 1. The lowest BCUT2D eigenvalue weighted by molar-refractivity contribution is -0.172. The maximum atomic E-state index is 15.5. The first-order valence-electron chi connectivity index (χ1n) is 22.3. The first-order valence-corrected chi connectivity index (χ1v) is 22.3. The number of cyclic esters (lactones) is 1. The predicted molar refractivity (Wildman–Crippen MR) is 238 cm³/mol. The lowest BCUT2D eigenvalue weighted by Crippen LogP contribution is -2.52. The van der Waals surface area contributed by atoms with Crippen molar-refractivity contribution in [3.05, 3.63) is 97.6 Å². The minimum atomic E-state index is -2.05. The van der Waals surface area contributed by atoms with Gasteiger partial charge in [-0.3, -0.25) is 28.8 Å². The molecule has 2 aromatic heterocycles. The normalized spacial score (nSPS) is 18.4. The zero-order valence-electron chi connectivity index (χ0n) is 37.5. The summed E-state index contributed by atoms with van der Waals surface area (Å²) in [5.41, 5.74) is 2.05. The monoisotopic (exact) mass is 938 g/mol. The van der Waals surface area contributed by atoms with Gasteiger partial charge in [-0.25, -0.2) is 19.0 Å². The number of rotatable bonds is 17. The van der Waals surface area contributed by atoms with Crippen LogP contribution in [0.25, 0.3) is 22.3 Å². The highest BCUT2D eigenvalue weighted by atomic mass is 19.1. The SMILES string of the molecule is CC[C@@]1(O)C(=O)OCc2c1cc1n(c2=O)Cc2c-1nc1cc(F)c(C)c3c1c2[C@@H](NC(=O)[C@H](OCNC(=O)CNC(=O)[C@H](Cc1ccccc1)NC(=O)CNC(=O)CNC(=O)OC)C1CC1)CC3. The van der Waals surface area contributed by atoms with Crippen LogP contribution in [-0.2, 0) is 74.6 Å². The minimum absolute atomic E-state index is 0.0411. The number of nitrogens with zero attached hydrogens (tertiary/aromatic N) is 2. The van der Waals surface area contributed by atoms with Gasteiger partial charge in [-0.15, -0.1) is 0 Å². The van der Waals surface area contributed by atoms with Gasteiger partial charge in [-0.2, -0.15) is 0 Å². The zero-order valence-corrected chi connectivity index (χ0v) is 37.5. The first kappa shape index (κ1) is 47.2. The summed E-state index contributed by atoms with van der Waals surface area (Å²) in [6, 6.07) is 9.97. The molecule has 4 atom stereocenters. The summed E-state index contributed by atoms with van der Waals surface area (Å²) in [6.45, 7) is 1.24. The van der Waals surface area contributed by atoms with E-state index in [4.69, 9.17) is 14.5 Å². The summed E-state index contributed by atoms with van der Waals surface area (Å²) in [5, 5.41) is 27.4. The third-order valence-corrected chi connectivity index (χ3v) is 12.9. The van der Waals surface area contributed by atoms with E-state index in [1.54, 1.807) is 50.2 Å². The second kappa shape index (κ2) is 19.5. The van der Waals surface area contributed by atoms with Crippen LogP contribution >= 0.6 is 0 Å². The van der Waals surface area contributed by atoms with Crippen molar-refractivity contribution in [1.82, 2.24) is 41.5 Å². The number of methoxy groups -OCH3 is 1. The third kappa shape index (κ3) is 9.48. The second-order valence-electron chi connectivity index (χ2n) is 17.2. The van der Waals surface area contributed by atoms with Crippen LogP contribution in [0, 0.1) is 18.7 Å². The van der Waals surface area contributed by atoms with Crippen LogP contribution in [0.3, 0.4) is 0 Å². The van der Waals surface area contributed by atoms with Gasteiger partial charge in [0.25, 0.3) is 5.56 Å². The molecule has 1 saturated carbocycles. The van der Waals surface area contributed by atoms with E-state index >= 15 is 4.39 Å². The molecule has 0 spiro atoms. The maximum Gasteiger partial charge on any atom is 0.407 e. The Labute approximate surface area is 388 Å². The minimum Gasteiger partial charge on any atom is -0.458 e. The van der Waals surface area contributed by atoms with Crippen molar-refractivity contribution < 1.29 is 57.3 Å². The van der Waals surface area contributed by atoms with Gasteiger partial charge >= 0.3 is 12.1 Å². The van der Waals surface area contributed by atoms with Crippen molar-refractivity contribution in [2.24, 2.45) is 5.92 Å². The molecule has 358 valence electrons. The summed E-state index contributed by atoms with van der Waals surface area (Å²) in [6.07, 6.45) is 0.424. The van der Waals surface area contributed by atoms with E-state index in [-0.39, 0.29) is 49.8 Å². The number of alkyl carbamates (subject to hydrolysis) is 1. The van der Waals surface area contributed by atoms with Crippen LogP contribution in [0.15, 0.2) is 47.3 Å². The number of carbonyl (C=O) groups excluding carboxylic acids is 7. The van der Waals surface area contributed by atoms with E-state index in [1.807, 2.05) is 0 Å². The summed E-state index contributed by atoms with van der Waals surface area (Å²) < 4.78 is 32.6. The number of halogens is 1. The number of pyridine rings is 2. The number of hydrogen-bond acceptors (Lipinski definition) is 13.